The van der Waals surface area contributed by atoms with Crippen LogP contribution in [0.5, 0.6) is 0 Å². The molecule has 0 aliphatic heterocycles. The maximum Gasteiger partial charge on any atom is 0.251 e. The summed E-state index contributed by atoms with van der Waals surface area (Å²) in [4.78, 5) is 27.9. The molecule has 0 unspecified atom stereocenters. The Morgan fingerprint density at radius 2 is 1.78 bits per heavy atom. The quantitative estimate of drug-likeness (QED) is 0.778. The highest BCUT2D eigenvalue weighted by Gasteiger charge is 2.09. The topological polar surface area (TPSA) is 71.1 Å². The van der Waals surface area contributed by atoms with Crippen LogP contribution in [0.3, 0.4) is 0 Å². The molecule has 0 fully saturated rings. The highest BCUT2D eigenvalue weighted by molar-refractivity contribution is 6.01. The van der Waals surface area contributed by atoms with E-state index in [-0.39, 0.29) is 18.4 Å². The molecule has 0 bridgehead atoms. The maximum atomic E-state index is 12.1. The van der Waals surface area contributed by atoms with Crippen LogP contribution in [-0.2, 0) is 4.79 Å². The molecule has 3 aromatic rings. The van der Waals surface area contributed by atoms with Gasteiger partial charge in [0.2, 0.25) is 5.91 Å². The number of hydrogen-bond acceptors (Lipinski definition) is 3. The van der Waals surface area contributed by atoms with Gasteiger partial charge in [-0.05, 0) is 35.0 Å². The Morgan fingerprint density at radius 3 is 2.57 bits per heavy atom. The third-order valence-corrected chi connectivity index (χ3v) is 3.37. The fraction of sp³-hybridized carbons (Fsp3) is 0.0556. The number of rotatable bonds is 4. The van der Waals surface area contributed by atoms with E-state index in [0.29, 0.717) is 11.3 Å². The third-order valence-electron chi connectivity index (χ3n) is 3.37. The second kappa shape index (κ2) is 6.70. The number of amides is 2. The number of anilines is 1. The first-order valence-corrected chi connectivity index (χ1v) is 7.19. The molecule has 3 rings (SSSR count). The lowest BCUT2D eigenvalue weighted by molar-refractivity contribution is -0.115. The van der Waals surface area contributed by atoms with Gasteiger partial charge in [0.25, 0.3) is 5.91 Å². The van der Waals surface area contributed by atoms with Crippen LogP contribution in [0.15, 0.2) is 67.0 Å². The lowest BCUT2D eigenvalue weighted by Gasteiger charge is -2.07. The van der Waals surface area contributed by atoms with Gasteiger partial charge in [0.15, 0.2) is 0 Å². The predicted octanol–water partition coefficient (Wildman–Crippen LogP) is 2.60. The Balaban J connectivity index is 1.61. The lowest BCUT2D eigenvalue weighted by Crippen LogP contribution is -2.32. The number of nitrogens with zero attached hydrogens (tertiary/aromatic N) is 1. The summed E-state index contributed by atoms with van der Waals surface area (Å²) in [6.45, 7) is -0.0967. The normalized spacial score (nSPS) is 10.3. The van der Waals surface area contributed by atoms with Gasteiger partial charge < -0.3 is 10.6 Å². The Labute approximate surface area is 133 Å². The number of hydrogen-bond donors (Lipinski definition) is 2. The van der Waals surface area contributed by atoms with Crippen molar-refractivity contribution in [1.82, 2.24) is 10.3 Å². The van der Waals surface area contributed by atoms with Gasteiger partial charge in [-0.1, -0.05) is 30.3 Å². The Bertz CT molecular complexity index is 847. The molecule has 114 valence electrons. The summed E-state index contributed by atoms with van der Waals surface area (Å²) in [5.74, 6) is -0.579. The van der Waals surface area contributed by atoms with Gasteiger partial charge in [-0.15, -0.1) is 0 Å². The van der Waals surface area contributed by atoms with Crippen LogP contribution in [0, 0.1) is 0 Å². The van der Waals surface area contributed by atoms with Gasteiger partial charge in [-0.2, -0.15) is 0 Å². The van der Waals surface area contributed by atoms with Crippen LogP contribution in [0.25, 0.3) is 10.8 Å². The molecule has 5 heteroatoms. The van der Waals surface area contributed by atoms with Gasteiger partial charge >= 0.3 is 0 Å². The van der Waals surface area contributed by atoms with Gasteiger partial charge in [0.1, 0.15) is 0 Å². The summed E-state index contributed by atoms with van der Waals surface area (Å²) in [5.41, 5.74) is 1.12. The summed E-state index contributed by atoms with van der Waals surface area (Å²) in [6.07, 6.45) is 3.17. The number of carbonyl (C=O) groups is 2. The first-order chi connectivity index (χ1) is 11.2. The van der Waals surface area contributed by atoms with Crippen LogP contribution >= 0.6 is 0 Å². The number of benzene rings is 2. The van der Waals surface area contributed by atoms with E-state index in [4.69, 9.17) is 0 Å². The molecule has 23 heavy (non-hydrogen) atoms. The van der Waals surface area contributed by atoms with Crippen LogP contribution in [0.2, 0.25) is 0 Å². The van der Waals surface area contributed by atoms with E-state index in [1.807, 2.05) is 36.4 Å². The van der Waals surface area contributed by atoms with Gasteiger partial charge in [0, 0.05) is 11.8 Å². The van der Waals surface area contributed by atoms with Crippen molar-refractivity contribution in [3.05, 3.63) is 72.6 Å². The predicted molar refractivity (Wildman–Crippen MR) is 89.1 cm³/mol. The molecule has 0 radical (unpaired) electrons. The fourth-order valence-electron chi connectivity index (χ4n) is 2.24. The molecule has 2 amide bonds. The second-order valence-electron chi connectivity index (χ2n) is 5.03. The van der Waals surface area contributed by atoms with Gasteiger partial charge in [-0.25, -0.2) is 0 Å². The number of fused-ring (bicyclic) bond motifs is 1. The molecule has 1 heterocycles. The molecule has 0 aliphatic rings. The largest absolute Gasteiger partial charge is 0.343 e. The van der Waals surface area contributed by atoms with Gasteiger partial charge in [0.05, 0.1) is 18.4 Å². The smallest absolute Gasteiger partial charge is 0.251 e. The van der Waals surface area contributed by atoms with Crippen LogP contribution in [-0.4, -0.2) is 23.3 Å². The van der Waals surface area contributed by atoms with Crippen molar-refractivity contribution >= 4 is 28.3 Å². The van der Waals surface area contributed by atoms with Crippen molar-refractivity contribution in [3.63, 3.8) is 0 Å². The van der Waals surface area contributed by atoms with Crippen molar-refractivity contribution in [1.29, 1.82) is 0 Å². The Morgan fingerprint density at radius 1 is 0.957 bits per heavy atom. The van der Waals surface area contributed by atoms with E-state index in [1.165, 1.54) is 0 Å². The minimum Gasteiger partial charge on any atom is -0.343 e. The molecule has 0 saturated carbocycles. The SMILES string of the molecule is O=C(CNC(=O)c1ccc2ccccc2c1)Nc1cccnc1. The molecule has 2 aromatic carbocycles. The van der Waals surface area contributed by atoms with Gasteiger partial charge in [-0.3, -0.25) is 14.6 Å². The van der Waals surface area contributed by atoms with E-state index in [9.17, 15) is 9.59 Å². The van der Waals surface area contributed by atoms with Crippen LogP contribution in [0.4, 0.5) is 5.69 Å². The first kappa shape index (κ1) is 14.7. The highest BCUT2D eigenvalue weighted by Crippen LogP contribution is 2.15. The highest BCUT2D eigenvalue weighted by atomic mass is 16.2. The first-order valence-electron chi connectivity index (χ1n) is 7.19. The molecule has 0 saturated heterocycles. The van der Waals surface area contributed by atoms with Crippen LogP contribution < -0.4 is 10.6 Å². The standard InChI is InChI=1S/C18H15N3O2/c22-17(21-16-6-3-9-19-11-16)12-20-18(23)15-8-7-13-4-1-2-5-14(13)10-15/h1-11H,12H2,(H,20,23)(H,21,22). The fourth-order valence-corrected chi connectivity index (χ4v) is 2.24. The zero-order valence-corrected chi connectivity index (χ0v) is 12.3. The van der Waals surface area contributed by atoms with Crippen molar-refractivity contribution in [2.75, 3.05) is 11.9 Å². The number of carbonyl (C=O) groups excluding carboxylic acids is 2. The minimum absolute atomic E-state index is 0.0967. The van der Waals surface area contributed by atoms with Crippen molar-refractivity contribution in [3.8, 4) is 0 Å². The van der Waals surface area contributed by atoms with E-state index >= 15 is 0 Å². The third kappa shape index (κ3) is 3.71. The molecule has 0 atom stereocenters. The number of aromatic nitrogens is 1. The average Bonchev–Trinajstić information content (AvgIpc) is 2.60. The monoisotopic (exact) mass is 305 g/mol. The molecular weight excluding hydrogens is 290 g/mol. The molecular formula is C18H15N3O2. The lowest BCUT2D eigenvalue weighted by atomic mass is 10.1. The molecule has 1 aromatic heterocycles. The molecule has 0 aliphatic carbocycles. The summed E-state index contributed by atoms with van der Waals surface area (Å²) in [5, 5.41) is 7.33. The van der Waals surface area contributed by atoms with Crippen molar-refractivity contribution < 1.29 is 9.59 Å². The average molecular weight is 305 g/mol. The van der Waals surface area contributed by atoms with Crippen molar-refractivity contribution in [2.24, 2.45) is 0 Å². The zero-order valence-electron chi connectivity index (χ0n) is 12.3. The maximum absolute atomic E-state index is 12.1. The van der Waals surface area contributed by atoms with Crippen LogP contribution in [0.1, 0.15) is 10.4 Å². The summed E-state index contributed by atoms with van der Waals surface area (Å²) >= 11 is 0. The van der Waals surface area contributed by atoms with E-state index in [0.717, 1.165) is 10.8 Å². The molecule has 5 nitrogen and oxygen atoms in total. The minimum atomic E-state index is -0.299. The zero-order chi connectivity index (χ0) is 16.1. The number of pyridine rings is 1. The number of nitrogens with one attached hydrogen (secondary N) is 2. The summed E-state index contributed by atoms with van der Waals surface area (Å²) < 4.78 is 0. The van der Waals surface area contributed by atoms with E-state index in [2.05, 4.69) is 15.6 Å². The molecule has 0 spiro atoms. The Kier molecular flexibility index (Phi) is 4.29. The summed E-state index contributed by atoms with van der Waals surface area (Å²) in [6, 6.07) is 16.7. The molecule has 2 N–H and O–H groups in total. The van der Waals surface area contributed by atoms with E-state index in [1.54, 1.807) is 30.6 Å². The summed E-state index contributed by atoms with van der Waals surface area (Å²) in [7, 11) is 0. The Hall–Kier alpha value is -3.21. The second-order valence-corrected chi connectivity index (χ2v) is 5.03. The van der Waals surface area contributed by atoms with E-state index < -0.39 is 0 Å². The van der Waals surface area contributed by atoms with Crippen molar-refractivity contribution in [2.45, 2.75) is 0 Å².